The van der Waals surface area contributed by atoms with Gasteiger partial charge in [0.05, 0.1) is 5.69 Å². The monoisotopic (exact) mass is 407 g/mol. The Hall–Kier alpha value is -2.48. The molecule has 3 atom stereocenters. The van der Waals surface area contributed by atoms with E-state index in [1.54, 1.807) is 12.1 Å². The van der Waals surface area contributed by atoms with Crippen LogP contribution in [0.25, 0.3) is 22.3 Å². The number of benzene rings is 1. The van der Waals surface area contributed by atoms with E-state index in [0.717, 1.165) is 53.8 Å². The lowest BCUT2D eigenvalue weighted by Gasteiger charge is -2.38. The topological polar surface area (TPSA) is 98.4 Å². The van der Waals surface area contributed by atoms with E-state index in [9.17, 15) is 5.11 Å². The third-order valence-corrected chi connectivity index (χ3v) is 6.35. The molecule has 5 rings (SSSR count). The number of phenolic OH excluding ortho intramolecular Hbond substituents is 1. The molecular formula is C23H29N5O2. The van der Waals surface area contributed by atoms with Crippen molar-refractivity contribution < 1.29 is 9.84 Å². The van der Waals surface area contributed by atoms with Gasteiger partial charge in [0, 0.05) is 28.7 Å². The summed E-state index contributed by atoms with van der Waals surface area (Å²) in [6.07, 6.45) is 4.65. The third-order valence-electron chi connectivity index (χ3n) is 6.35. The van der Waals surface area contributed by atoms with Crippen LogP contribution >= 0.6 is 0 Å². The molecule has 30 heavy (non-hydrogen) atoms. The number of aromatic nitrogens is 3. The molecule has 158 valence electrons. The van der Waals surface area contributed by atoms with Gasteiger partial charge in [-0.25, -0.2) is 4.98 Å². The number of aromatic amines is 1. The summed E-state index contributed by atoms with van der Waals surface area (Å²) in [5.41, 5.74) is 4.69. The fourth-order valence-corrected chi connectivity index (χ4v) is 4.83. The summed E-state index contributed by atoms with van der Waals surface area (Å²) in [6, 6.07) is 9.22. The summed E-state index contributed by atoms with van der Waals surface area (Å²) in [6.45, 7) is 6.35. The van der Waals surface area contributed by atoms with Crippen LogP contribution in [0.5, 0.6) is 5.75 Å². The molecule has 2 fully saturated rings. The minimum absolute atomic E-state index is 0.00372. The number of phenols is 1. The second-order valence-electron chi connectivity index (χ2n) is 8.62. The maximum atomic E-state index is 9.62. The van der Waals surface area contributed by atoms with Crippen LogP contribution in [0.3, 0.4) is 0 Å². The van der Waals surface area contributed by atoms with Crippen molar-refractivity contribution in [3.05, 3.63) is 41.6 Å². The largest absolute Gasteiger partial charge is 0.508 e. The number of aryl methyl sites for hydroxylation is 1. The average molecular weight is 408 g/mol. The molecule has 7 nitrogen and oxygen atoms in total. The van der Waals surface area contributed by atoms with Gasteiger partial charge in [-0.2, -0.15) is 5.10 Å². The molecule has 0 bridgehead atoms. The highest BCUT2D eigenvalue weighted by Gasteiger charge is 2.47. The molecule has 0 aliphatic carbocycles. The SMILES string of the molecule is CCCC1(NC2OC2c2cc(-c3ccc(O)cc3)nc3n[nH]c(C)c23)CCCNC1. The van der Waals surface area contributed by atoms with Crippen LogP contribution in [0.1, 0.15) is 50.0 Å². The van der Waals surface area contributed by atoms with Gasteiger partial charge in [0.1, 0.15) is 18.1 Å². The van der Waals surface area contributed by atoms with E-state index in [4.69, 9.17) is 9.72 Å². The fourth-order valence-electron chi connectivity index (χ4n) is 4.83. The molecule has 3 unspecified atom stereocenters. The predicted octanol–water partition coefficient (Wildman–Crippen LogP) is 3.55. The lowest BCUT2D eigenvalue weighted by Crippen LogP contribution is -2.56. The van der Waals surface area contributed by atoms with Crippen molar-refractivity contribution >= 4 is 11.0 Å². The van der Waals surface area contributed by atoms with Crippen LogP contribution in [-0.2, 0) is 4.74 Å². The number of epoxide rings is 1. The molecule has 0 saturated carbocycles. The maximum Gasteiger partial charge on any atom is 0.182 e. The van der Waals surface area contributed by atoms with Gasteiger partial charge in [-0.05, 0) is 68.6 Å². The van der Waals surface area contributed by atoms with Gasteiger partial charge in [0.25, 0.3) is 0 Å². The Labute approximate surface area is 176 Å². The number of H-pyrrole nitrogens is 1. The van der Waals surface area contributed by atoms with Gasteiger partial charge in [-0.1, -0.05) is 13.3 Å². The van der Waals surface area contributed by atoms with Crippen LogP contribution in [0.15, 0.2) is 30.3 Å². The van der Waals surface area contributed by atoms with Crippen molar-refractivity contribution in [1.29, 1.82) is 0 Å². The van der Waals surface area contributed by atoms with E-state index < -0.39 is 0 Å². The van der Waals surface area contributed by atoms with E-state index in [2.05, 4.69) is 33.8 Å². The Kier molecular flexibility index (Phi) is 4.97. The molecule has 4 N–H and O–H groups in total. The average Bonchev–Trinajstić information content (AvgIpc) is 3.40. The minimum atomic E-state index is -0.0154. The first kappa shape index (κ1) is 19.5. The molecule has 0 amide bonds. The summed E-state index contributed by atoms with van der Waals surface area (Å²) in [5, 5.41) is 25.5. The van der Waals surface area contributed by atoms with Gasteiger partial charge >= 0.3 is 0 Å². The highest BCUT2D eigenvalue weighted by molar-refractivity contribution is 5.85. The zero-order chi connectivity index (χ0) is 20.7. The van der Waals surface area contributed by atoms with E-state index >= 15 is 0 Å². The number of rotatable bonds is 6. The first-order chi connectivity index (χ1) is 14.6. The maximum absolute atomic E-state index is 9.62. The smallest absolute Gasteiger partial charge is 0.182 e. The number of fused-ring (bicyclic) bond motifs is 1. The van der Waals surface area contributed by atoms with Gasteiger partial charge in [-0.3, -0.25) is 10.4 Å². The minimum Gasteiger partial charge on any atom is -0.508 e. The van der Waals surface area contributed by atoms with Crippen molar-refractivity contribution in [3.8, 4) is 17.0 Å². The highest BCUT2D eigenvalue weighted by atomic mass is 16.6. The van der Waals surface area contributed by atoms with Crippen LogP contribution in [-0.4, -0.2) is 45.1 Å². The number of nitrogens with zero attached hydrogens (tertiary/aromatic N) is 2. The normalized spacial score (nSPS) is 26.2. The fraction of sp³-hybridized carbons (Fsp3) is 0.478. The van der Waals surface area contributed by atoms with Crippen molar-refractivity contribution in [2.24, 2.45) is 0 Å². The molecule has 2 aliphatic rings. The number of hydrogen-bond acceptors (Lipinski definition) is 6. The van der Waals surface area contributed by atoms with Crippen LogP contribution in [0.2, 0.25) is 0 Å². The number of hydrogen-bond donors (Lipinski definition) is 4. The number of aromatic hydroxyl groups is 1. The molecule has 0 spiro atoms. The molecule has 0 radical (unpaired) electrons. The summed E-state index contributed by atoms with van der Waals surface area (Å²) >= 11 is 0. The molecule has 7 heteroatoms. The molecule has 2 aliphatic heterocycles. The van der Waals surface area contributed by atoms with Crippen molar-refractivity contribution in [2.75, 3.05) is 13.1 Å². The second-order valence-corrected chi connectivity index (χ2v) is 8.62. The first-order valence-electron chi connectivity index (χ1n) is 10.9. The Morgan fingerprint density at radius 2 is 2.13 bits per heavy atom. The predicted molar refractivity (Wildman–Crippen MR) is 116 cm³/mol. The van der Waals surface area contributed by atoms with Crippen molar-refractivity contribution in [1.82, 2.24) is 25.8 Å². The van der Waals surface area contributed by atoms with Gasteiger partial charge in [-0.15, -0.1) is 0 Å². The van der Waals surface area contributed by atoms with E-state index in [1.807, 2.05) is 19.1 Å². The molecular weight excluding hydrogens is 378 g/mol. The summed E-state index contributed by atoms with van der Waals surface area (Å²) in [5.74, 6) is 0.243. The number of nitrogens with one attached hydrogen (secondary N) is 3. The van der Waals surface area contributed by atoms with Crippen LogP contribution in [0.4, 0.5) is 0 Å². The van der Waals surface area contributed by atoms with Crippen LogP contribution < -0.4 is 10.6 Å². The summed E-state index contributed by atoms with van der Waals surface area (Å²) in [7, 11) is 0. The number of pyridine rings is 1. The molecule has 2 saturated heterocycles. The number of piperidine rings is 1. The van der Waals surface area contributed by atoms with Crippen molar-refractivity contribution in [3.63, 3.8) is 0 Å². The Morgan fingerprint density at radius 1 is 1.30 bits per heavy atom. The molecule has 1 aromatic carbocycles. The van der Waals surface area contributed by atoms with Gasteiger partial charge in [0.15, 0.2) is 5.65 Å². The third kappa shape index (κ3) is 3.57. The number of ether oxygens (including phenoxy) is 1. The zero-order valence-electron chi connectivity index (χ0n) is 17.5. The Morgan fingerprint density at radius 3 is 2.87 bits per heavy atom. The summed E-state index contributed by atoms with van der Waals surface area (Å²) in [4.78, 5) is 4.74. The van der Waals surface area contributed by atoms with Gasteiger partial charge in [0.2, 0.25) is 0 Å². The van der Waals surface area contributed by atoms with Crippen molar-refractivity contribution in [2.45, 2.75) is 57.4 Å². The second kappa shape index (κ2) is 7.65. The lowest BCUT2D eigenvalue weighted by atomic mass is 9.85. The molecule has 4 heterocycles. The first-order valence-corrected chi connectivity index (χ1v) is 10.9. The molecule has 3 aromatic rings. The van der Waals surface area contributed by atoms with Crippen LogP contribution in [0, 0.1) is 6.92 Å². The van der Waals surface area contributed by atoms with E-state index in [1.165, 1.54) is 12.8 Å². The Balaban J connectivity index is 1.47. The van der Waals surface area contributed by atoms with E-state index in [-0.39, 0.29) is 23.6 Å². The Bertz CT molecular complexity index is 1030. The van der Waals surface area contributed by atoms with Gasteiger partial charge < -0.3 is 15.2 Å². The zero-order valence-corrected chi connectivity index (χ0v) is 17.5. The highest BCUT2D eigenvalue weighted by Crippen LogP contribution is 2.43. The quantitative estimate of drug-likeness (QED) is 0.467. The van der Waals surface area contributed by atoms with E-state index in [0.29, 0.717) is 5.65 Å². The summed E-state index contributed by atoms with van der Waals surface area (Å²) < 4.78 is 6.17. The molecule has 2 aromatic heterocycles. The standard InChI is InChI=1S/C23H29N5O2/c1-3-9-23(10-4-11-24-13-23)26-22-20(30-22)17-12-18(15-5-7-16(29)8-6-15)25-21-19(17)14(2)27-28-21/h5-8,12,20,22,24,26,29H,3-4,9-11,13H2,1-2H3,(H,25,27,28). The lowest BCUT2D eigenvalue weighted by molar-refractivity contribution is 0.195.